The van der Waals surface area contributed by atoms with Crippen LogP contribution in [0.5, 0.6) is 0 Å². The van der Waals surface area contributed by atoms with Crippen LogP contribution in [0.25, 0.3) is 11.3 Å². The maximum absolute atomic E-state index is 12.6. The molecule has 8 heteroatoms. The molecule has 0 aliphatic heterocycles. The number of aromatic nitrogens is 2. The molecule has 0 spiro atoms. The van der Waals surface area contributed by atoms with Crippen molar-refractivity contribution in [1.82, 2.24) is 9.97 Å². The largest absolute Gasteiger partial charge is 0.417 e. The molecular weight excluding hydrogens is 275 g/mol. The second-order valence-electron chi connectivity index (χ2n) is 3.92. The Labute approximate surface area is 110 Å². The van der Waals surface area contributed by atoms with E-state index >= 15 is 0 Å². The van der Waals surface area contributed by atoms with Gasteiger partial charge in [0, 0.05) is 24.0 Å². The Bertz CT molecular complexity index is 722. The summed E-state index contributed by atoms with van der Waals surface area (Å²) in [5.41, 5.74) is 3.25. The van der Waals surface area contributed by atoms with Crippen molar-refractivity contribution in [3.63, 3.8) is 0 Å². The van der Waals surface area contributed by atoms with Crippen molar-refractivity contribution in [2.45, 2.75) is 6.18 Å². The fraction of sp³-hybridized carbons (Fsp3) is 0.0833. The fourth-order valence-corrected chi connectivity index (χ4v) is 1.63. The third kappa shape index (κ3) is 2.68. The highest BCUT2D eigenvalue weighted by atomic mass is 19.4. The van der Waals surface area contributed by atoms with E-state index in [1.807, 2.05) is 0 Å². The van der Waals surface area contributed by atoms with Crippen molar-refractivity contribution in [2.24, 2.45) is 5.73 Å². The summed E-state index contributed by atoms with van der Waals surface area (Å²) in [7, 11) is 0. The van der Waals surface area contributed by atoms with Crippen molar-refractivity contribution in [1.29, 1.82) is 0 Å². The van der Waals surface area contributed by atoms with E-state index < -0.39 is 28.8 Å². The van der Waals surface area contributed by atoms with E-state index in [2.05, 4.69) is 9.97 Å². The number of carbonyl (C=O) groups is 1. The van der Waals surface area contributed by atoms with Crippen LogP contribution in [0.1, 0.15) is 15.9 Å². The Balaban J connectivity index is 2.65. The van der Waals surface area contributed by atoms with Crippen LogP contribution in [0.15, 0.2) is 35.4 Å². The number of hydrogen-bond acceptors (Lipinski definition) is 3. The van der Waals surface area contributed by atoms with Gasteiger partial charge in [-0.3, -0.25) is 14.6 Å². The zero-order chi connectivity index (χ0) is 14.9. The molecular formula is C12H8F3N3O2. The van der Waals surface area contributed by atoms with Gasteiger partial charge in [-0.05, 0) is 12.1 Å². The normalized spacial score (nSPS) is 11.3. The molecule has 1 amide bonds. The average Bonchev–Trinajstić information content (AvgIpc) is 2.37. The van der Waals surface area contributed by atoms with Crippen LogP contribution in [-0.4, -0.2) is 15.9 Å². The number of pyridine rings is 2. The minimum absolute atomic E-state index is 0.0726. The van der Waals surface area contributed by atoms with Crippen molar-refractivity contribution in [3.05, 3.63) is 52.1 Å². The molecule has 0 atom stereocenters. The molecule has 2 aromatic heterocycles. The fourth-order valence-electron chi connectivity index (χ4n) is 1.63. The molecule has 2 aromatic rings. The number of rotatable bonds is 2. The number of hydrogen-bond donors (Lipinski definition) is 2. The molecule has 3 N–H and O–H groups in total. The molecule has 104 valence electrons. The van der Waals surface area contributed by atoms with Crippen LogP contribution in [0.3, 0.4) is 0 Å². The molecule has 0 fully saturated rings. The molecule has 0 saturated carbocycles. The first-order valence-corrected chi connectivity index (χ1v) is 5.35. The summed E-state index contributed by atoms with van der Waals surface area (Å²) in [6.45, 7) is 0. The second kappa shape index (κ2) is 4.80. The van der Waals surface area contributed by atoms with Gasteiger partial charge in [-0.2, -0.15) is 13.2 Å². The van der Waals surface area contributed by atoms with E-state index in [0.29, 0.717) is 12.3 Å². The van der Waals surface area contributed by atoms with Gasteiger partial charge in [0.1, 0.15) is 0 Å². The molecule has 0 unspecified atom stereocenters. The number of nitrogens with zero attached hydrogens (tertiary/aromatic N) is 1. The lowest BCUT2D eigenvalue weighted by atomic mass is 10.0. The van der Waals surface area contributed by atoms with Gasteiger partial charge < -0.3 is 10.7 Å². The van der Waals surface area contributed by atoms with Crippen molar-refractivity contribution < 1.29 is 18.0 Å². The van der Waals surface area contributed by atoms with E-state index in [4.69, 9.17) is 5.73 Å². The number of nitrogens with one attached hydrogen (secondary N) is 1. The Morgan fingerprint density at radius 1 is 1.30 bits per heavy atom. The predicted molar refractivity (Wildman–Crippen MR) is 63.8 cm³/mol. The zero-order valence-corrected chi connectivity index (χ0v) is 9.86. The number of H-pyrrole nitrogens is 1. The van der Waals surface area contributed by atoms with Crippen molar-refractivity contribution in [2.75, 3.05) is 0 Å². The molecule has 2 heterocycles. The van der Waals surface area contributed by atoms with Crippen LogP contribution < -0.4 is 11.3 Å². The van der Waals surface area contributed by atoms with Gasteiger partial charge >= 0.3 is 6.18 Å². The number of carbonyl (C=O) groups excluding carboxylic acids is 1. The minimum Gasteiger partial charge on any atom is -0.366 e. The SMILES string of the molecule is NC(=O)c1cc(C(F)(F)F)cnc1-c1cc[nH]c(=O)c1. The Morgan fingerprint density at radius 3 is 2.55 bits per heavy atom. The van der Waals surface area contributed by atoms with Gasteiger partial charge in [0.25, 0.3) is 5.91 Å². The van der Waals surface area contributed by atoms with Crippen LogP contribution >= 0.6 is 0 Å². The molecule has 20 heavy (non-hydrogen) atoms. The monoisotopic (exact) mass is 283 g/mol. The summed E-state index contributed by atoms with van der Waals surface area (Å²) in [4.78, 5) is 28.4. The Kier molecular flexibility index (Phi) is 3.31. The summed E-state index contributed by atoms with van der Waals surface area (Å²) in [6.07, 6.45) is -2.76. The van der Waals surface area contributed by atoms with Gasteiger partial charge in [0.2, 0.25) is 5.56 Å². The molecule has 0 radical (unpaired) electrons. The number of alkyl halides is 3. The number of aromatic amines is 1. The van der Waals surface area contributed by atoms with E-state index in [1.54, 1.807) is 0 Å². The zero-order valence-electron chi connectivity index (χ0n) is 9.86. The summed E-state index contributed by atoms with van der Waals surface area (Å²) >= 11 is 0. The molecule has 2 rings (SSSR count). The average molecular weight is 283 g/mol. The number of primary amides is 1. The van der Waals surface area contributed by atoms with Gasteiger partial charge in [0.15, 0.2) is 0 Å². The quantitative estimate of drug-likeness (QED) is 0.876. The first-order valence-electron chi connectivity index (χ1n) is 5.35. The van der Waals surface area contributed by atoms with Gasteiger partial charge in [-0.25, -0.2) is 0 Å². The van der Waals surface area contributed by atoms with E-state index in [1.165, 1.54) is 12.3 Å². The Morgan fingerprint density at radius 2 is 2.00 bits per heavy atom. The summed E-state index contributed by atoms with van der Waals surface area (Å²) in [6, 6.07) is 3.14. The molecule has 0 aromatic carbocycles. The summed E-state index contributed by atoms with van der Waals surface area (Å²) < 4.78 is 37.7. The summed E-state index contributed by atoms with van der Waals surface area (Å²) in [5, 5.41) is 0. The van der Waals surface area contributed by atoms with E-state index in [9.17, 15) is 22.8 Å². The van der Waals surface area contributed by atoms with Crippen LogP contribution in [0.2, 0.25) is 0 Å². The highest BCUT2D eigenvalue weighted by Gasteiger charge is 2.32. The third-order valence-electron chi connectivity index (χ3n) is 2.53. The minimum atomic E-state index is -4.64. The van der Waals surface area contributed by atoms with Crippen LogP contribution in [0.4, 0.5) is 13.2 Å². The Hall–Kier alpha value is -2.64. The first-order chi connectivity index (χ1) is 9.29. The highest BCUT2D eigenvalue weighted by molar-refractivity contribution is 5.98. The summed E-state index contributed by atoms with van der Waals surface area (Å²) in [5.74, 6) is -1.06. The molecule has 0 saturated heterocycles. The number of amides is 1. The van der Waals surface area contributed by atoms with Gasteiger partial charge in [-0.1, -0.05) is 0 Å². The van der Waals surface area contributed by atoms with Crippen molar-refractivity contribution >= 4 is 5.91 Å². The smallest absolute Gasteiger partial charge is 0.366 e. The van der Waals surface area contributed by atoms with Gasteiger partial charge in [0.05, 0.1) is 16.8 Å². The maximum atomic E-state index is 12.6. The van der Waals surface area contributed by atoms with Crippen molar-refractivity contribution in [3.8, 4) is 11.3 Å². The highest BCUT2D eigenvalue weighted by Crippen LogP contribution is 2.31. The molecule has 0 aliphatic carbocycles. The second-order valence-corrected chi connectivity index (χ2v) is 3.92. The number of halogens is 3. The molecule has 5 nitrogen and oxygen atoms in total. The lowest BCUT2D eigenvalue weighted by Crippen LogP contribution is -2.16. The topological polar surface area (TPSA) is 88.8 Å². The standard InChI is InChI=1S/C12H8F3N3O2/c13-12(14,15)7-4-8(11(16)20)10(18-5-7)6-1-2-17-9(19)3-6/h1-5H,(H2,16,20)(H,17,19). The first kappa shape index (κ1) is 13.8. The van der Waals surface area contributed by atoms with Gasteiger partial charge in [-0.15, -0.1) is 0 Å². The number of nitrogens with two attached hydrogens (primary N) is 1. The van der Waals surface area contributed by atoms with Crippen LogP contribution in [0, 0.1) is 0 Å². The lowest BCUT2D eigenvalue weighted by Gasteiger charge is -2.10. The maximum Gasteiger partial charge on any atom is 0.417 e. The predicted octanol–water partition coefficient (Wildman–Crippen LogP) is 1.55. The van der Waals surface area contributed by atoms with Crippen LogP contribution in [-0.2, 0) is 6.18 Å². The molecule has 0 bridgehead atoms. The molecule has 0 aliphatic rings. The van der Waals surface area contributed by atoms with E-state index in [0.717, 1.165) is 6.07 Å². The van der Waals surface area contributed by atoms with E-state index in [-0.39, 0.29) is 11.3 Å². The lowest BCUT2D eigenvalue weighted by molar-refractivity contribution is -0.137. The third-order valence-corrected chi connectivity index (χ3v) is 2.53.